The molecule has 0 aliphatic rings. The molecule has 0 saturated carbocycles. The maximum Gasteiger partial charge on any atom is 0.355 e. The summed E-state index contributed by atoms with van der Waals surface area (Å²) < 4.78 is 28.2. The number of nitrogens with zero attached hydrogens (tertiary/aromatic N) is 2. The monoisotopic (exact) mass is 387 g/mol. The number of H-pyrrole nitrogens is 1. The minimum absolute atomic E-state index is 0.0872. The average Bonchev–Trinajstić information content (AvgIpc) is 3.25. The molecule has 28 heavy (non-hydrogen) atoms. The molecule has 8 nitrogen and oxygen atoms in total. The summed E-state index contributed by atoms with van der Waals surface area (Å²) in [5, 5.41) is 3.78. The molecule has 0 atom stereocenters. The van der Waals surface area contributed by atoms with E-state index in [0.717, 1.165) is 0 Å². The number of hydrogen-bond acceptors (Lipinski definition) is 7. The summed E-state index contributed by atoms with van der Waals surface area (Å²) >= 11 is 0. The summed E-state index contributed by atoms with van der Waals surface area (Å²) in [6.07, 6.45) is 0. The van der Waals surface area contributed by atoms with Crippen LogP contribution < -0.4 is 0 Å². The van der Waals surface area contributed by atoms with Crippen molar-refractivity contribution < 1.29 is 28.0 Å². The van der Waals surface area contributed by atoms with Gasteiger partial charge in [-0.25, -0.2) is 14.0 Å². The Morgan fingerprint density at radius 3 is 2.54 bits per heavy atom. The van der Waals surface area contributed by atoms with Gasteiger partial charge in [0.2, 0.25) is 5.82 Å². The van der Waals surface area contributed by atoms with Crippen molar-refractivity contribution in [3.05, 3.63) is 58.5 Å². The minimum Gasteiger partial charge on any atom is -0.461 e. The van der Waals surface area contributed by atoms with Gasteiger partial charge in [0.25, 0.3) is 5.89 Å². The molecule has 0 bridgehead atoms. The number of aryl methyl sites for hydroxylation is 1. The number of carbonyl (C=O) groups excluding carboxylic acids is 2. The molecular weight excluding hydrogens is 369 g/mol. The van der Waals surface area contributed by atoms with Crippen molar-refractivity contribution in [1.29, 1.82) is 0 Å². The topological polar surface area (TPSA) is 107 Å². The summed E-state index contributed by atoms with van der Waals surface area (Å²) in [6.45, 7) is 4.97. The summed E-state index contributed by atoms with van der Waals surface area (Å²) in [4.78, 5) is 31.3. The number of nitrogens with one attached hydrogen (secondary N) is 1. The van der Waals surface area contributed by atoms with Crippen LogP contribution in [0.4, 0.5) is 4.39 Å². The fourth-order valence-corrected chi connectivity index (χ4v) is 2.69. The molecule has 1 aromatic carbocycles. The number of ether oxygens (including phenoxy) is 2. The molecule has 0 amide bonds. The van der Waals surface area contributed by atoms with Gasteiger partial charge >= 0.3 is 11.9 Å². The maximum absolute atomic E-state index is 13.0. The second-order valence-corrected chi connectivity index (χ2v) is 5.94. The standard InChI is InChI=1S/C19H18FN3O5/c1-4-26-19(25)16-10(2)15(11(3)21-16)18(24)27-9-14-22-17(23-28-14)12-5-7-13(20)8-6-12/h5-8,21H,4,9H2,1-3H3. The van der Waals surface area contributed by atoms with Crippen LogP contribution in [0.25, 0.3) is 11.4 Å². The molecule has 0 radical (unpaired) electrons. The Morgan fingerprint density at radius 2 is 1.86 bits per heavy atom. The Bertz CT molecular complexity index is 1010. The lowest BCUT2D eigenvalue weighted by Crippen LogP contribution is -2.09. The van der Waals surface area contributed by atoms with Crippen LogP contribution in [0.15, 0.2) is 28.8 Å². The van der Waals surface area contributed by atoms with Gasteiger partial charge in [0.1, 0.15) is 11.5 Å². The van der Waals surface area contributed by atoms with E-state index in [1.807, 2.05) is 0 Å². The van der Waals surface area contributed by atoms with Crippen LogP contribution in [0.2, 0.25) is 0 Å². The van der Waals surface area contributed by atoms with Crippen molar-refractivity contribution >= 4 is 11.9 Å². The van der Waals surface area contributed by atoms with Crippen LogP contribution in [-0.2, 0) is 16.1 Å². The van der Waals surface area contributed by atoms with E-state index in [-0.39, 0.29) is 42.0 Å². The van der Waals surface area contributed by atoms with Crippen LogP contribution >= 0.6 is 0 Å². The quantitative estimate of drug-likeness (QED) is 0.646. The van der Waals surface area contributed by atoms with Crippen LogP contribution in [0.1, 0.15) is 44.9 Å². The van der Waals surface area contributed by atoms with Crippen LogP contribution in [-0.4, -0.2) is 33.7 Å². The molecule has 0 aliphatic heterocycles. The molecule has 0 aliphatic carbocycles. The number of halogens is 1. The van der Waals surface area contributed by atoms with E-state index in [4.69, 9.17) is 14.0 Å². The third-order valence-corrected chi connectivity index (χ3v) is 4.02. The van der Waals surface area contributed by atoms with Crippen LogP contribution in [0.3, 0.4) is 0 Å². The minimum atomic E-state index is -0.636. The predicted octanol–water partition coefficient (Wildman–Crippen LogP) is 3.35. The maximum atomic E-state index is 13.0. The molecule has 1 N–H and O–H groups in total. The van der Waals surface area contributed by atoms with E-state index in [9.17, 15) is 14.0 Å². The lowest BCUT2D eigenvalue weighted by molar-refractivity contribution is 0.0428. The number of carbonyl (C=O) groups is 2. The zero-order valence-electron chi connectivity index (χ0n) is 15.5. The molecular formula is C19H18FN3O5. The summed E-state index contributed by atoms with van der Waals surface area (Å²) in [5.41, 5.74) is 1.96. The molecule has 2 aromatic heterocycles. The fraction of sp³-hybridized carbons (Fsp3) is 0.263. The van der Waals surface area contributed by atoms with Gasteiger partial charge in [-0.3, -0.25) is 0 Å². The second kappa shape index (κ2) is 8.03. The van der Waals surface area contributed by atoms with E-state index in [2.05, 4.69) is 15.1 Å². The van der Waals surface area contributed by atoms with Crippen molar-refractivity contribution in [2.75, 3.05) is 6.61 Å². The van der Waals surface area contributed by atoms with Gasteiger partial charge in [-0.15, -0.1) is 0 Å². The summed E-state index contributed by atoms with van der Waals surface area (Å²) in [7, 11) is 0. The zero-order valence-corrected chi connectivity index (χ0v) is 15.5. The number of aromatic nitrogens is 3. The van der Waals surface area contributed by atoms with Crippen molar-refractivity contribution in [3.63, 3.8) is 0 Å². The molecule has 3 aromatic rings. The Kier molecular flexibility index (Phi) is 5.53. The van der Waals surface area contributed by atoms with E-state index >= 15 is 0 Å². The highest BCUT2D eigenvalue weighted by Gasteiger charge is 2.24. The van der Waals surface area contributed by atoms with Gasteiger partial charge in [0.05, 0.1) is 12.2 Å². The predicted molar refractivity (Wildman–Crippen MR) is 95.0 cm³/mol. The van der Waals surface area contributed by atoms with Crippen molar-refractivity contribution in [2.24, 2.45) is 0 Å². The van der Waals surface area contributed by atoms with E-state index in [1.165, 1.54) is 24.3 Å². The lowest BCUT2D eigenvalue weighted by Gasteiger charge is -2.03. The molecule has 0 unspecified atom stereocenters. The molecule has 2 heterocycles. The van der Waals surface area contributed by atoms with Gasteiger partial charge in [-0.05, 0) is 50.6 Å². The summed E-state index contributed by atoms with van der Waals surface area (Å²) in [5.74, 6) is -1.21. The number of rotatable bonds is 6. The first-order valence-corrected chi connectivity index (χ1v) is 8.52. The Labute approximate surface area is 159 Å². The number of hydrogen-bond donors (Lipinski definition) is 1. The fourth-order valence-electron chi connectivity index (χ4n) is 2.69. The van der Waals surface area contributed by atoms with Gasteiger partial charge in [-0.1, -0.05) is 5.16 Å². The largest absolute Gasteiger partial charge is 0.461 e. The smallest absolute Gasteiger partial charge is 0.355 e. The molecule has 0 saturated heterocycles. The average molecular weight is 387 g/mol. The molecule has 3 rings (SSSR count). The lowest BCUT2D eigenvalue weighted by atomic mass is 10.1. The number of aromatic amines is 1. The highest BCUT2D eigenvalue weighted by Crippen LogP contribution is 2.21. The highest BCUT2D eigenvalue weighted by molar-refractivity contribution is 5.98. The Morgan fingerprint density at radius 1 is 1.14 bits per heavy atom. The van der Waals surface area contributed by atoms with Crippen molar-refractivity contribution in [3.8, 4) is 11.4 Å². The van der Waals surface area contributed by atoms with E-state index in [0.29, 0.717) is 16.8 Å². The molecule has 0 spiro atoms. The first kappa shape index (κ1) is 19.3. The second-order valence-electron chi connectivity index (χ2n) is 5.94. The first-order valence-electron chi connectivity index (χ1n) is 8.52. The molecule has 146 valence electrons. The third-order valence-electron chi connectivity index (χ3n) is 4.02. The SMILES string of the molecule is CCOC(=O)c1[nH]c(C)c(C(=O)OCc2nc(-c3ccc(F)cc3)no2)c1C. The third kappa shape index (κ3) is 3.93. The molecule has 0 fully saturated rings. The van der Waals surface area contributed by atoms with Crippen LogP contribution in [0.5, 0.6) is 0 Å². The van der Waals surface area contributed by atoms with Crippen molar-refractivity contribution in [1.82, 2.24) is 15.1 Å². The molecule has 9 heteroatoms. The van der Waals surface area contributed by atoms with E-state index in [1.54, 1.807) is 20.8 Å². The zero-order chi connectivity index (χ0) is 20.3. The normalized spacial score (nSPS) is 10.7. The van der Waals surface area contributed by atoms with Gasteiger partial charge < -0.3 is 19.0 Å². The first-order chi connectivity index (χ1) is 13.4. The van der Waals surface area contributed by atoms with E-state index < -0.39 is 11.9 Å². The van der Waals surface area contributed by atoms with Crippen LogP contribution in [0, 0.1) is 19.7 Å². The Balaban J connectivity index is 1.70. The van der Waals surface area contributed by atoms with Gasteiger partial charge in [0, 0.05) is 11.3 Å². The van der Waals surface area contributed by atoms with Gasteiger partial charge in [0.15, 0.2) is 6.61 Å². The number of benzene rings is 1. The highest BCUT2D eigenvalue weighted by atomic mass is 19.1. The van der Waals surface area contributed by atoms with Crippen molar-refractivity contribution in [2.45, 2.75) is 27.4 Å². The Hall–Kier alpha value is -3.49. The number of esters is 2. The summed E-state index contributed by atoms with van der Waals surface area (Å²) in [6, 6.07) is 5.59. The van der Waals surface area contributed by atoms with Gasteiger partial charge in [-0.2, -0.15) is 4.98 Å².